The molecular weight excluding hydrogens is 310 g/mol. The summed E-state index contributed by atoms with van der Waals surface area (Å²) in [6.45, 7) is 5.95. The Hall–Kier alpha value is -2.57. The molecule has 1 atom stereocenters. The number of urea groups is 1. The molecule has 1 aliphatic heterocycles. The second-order valence-electron chi connectivity index (χ2n) is 6.68. The van der Waals surface area contributed by atoms with Crippen molar-refractivity contribution in [1.29, 1.82) is 0 Å². The molecule has 1 aromatic carbocycles. The van der Waals surface area contributed by atoms with Crippen molar-refractivity contribution in [3.63, 3.8) is 0 Å². The highest BCUT2D eigenvalue weighted by Crippen LogP contribution is 2.31. The molecule has 0 saturated carbocycles. The van der Waals surface area contributed by atoms with E-state index in [-0.39, 0.29) is 24.5 Å². The molecule has 1 aromatic rings. The van der Waals surface area contributed by atoms with Crippen LogP contribution in [0, 0.1) is 5.41 Å². The van der Waals surface area contributed by atoms with Crippen molar-refractivity contribution in [1.82, 2.24) is 10.2 Å². The van der Waals surface area contributed by atoms with Crippen LogP contribution in [0.25, 0.3) is 0 Å². The van der Waals surface area contributed by atoms with Crippen LogP contribution in [0.1, 0.15) is 37.6 Å². The third-order valence-corrected chi connectivity index (χ3v) is 4.06. The first-order chi connectivity index (χ1) is 11.2. The van der Waals surface area contributed by atoms with E-state index in [2.05, 4.69) is 10.6 Å². The normalized spacial score (nSPS) is 20.1. The SMILES string of the molecule is CC(C)NC(=O)Nc1cccc(C(=O)N2CCC(C)(C(=O)O)C2)c1. The first-order valence-corrected chi connectivity index (χ1v) is 7.91. The maximum Gasteiger partial charge on any atom is 0.319 e. The number of amides is 3. The van der Waals surface area contributed by atoms with Crippen LogP contribution in [0.3, 0.4) is 0 Å². The van der Waals surface area contributed by atoms with E-state index >= 15 is 0 Å². The van der Waals surface area contributed by atoms with Crippen molar-refractivity contribution < 1.29 is 19.5 Å². The molecule has 0 aromatic heterocycles. The number of anilines is 1. The van der Waals surface area contributed by atoms with Crippen LogP contribution >= 0.6 is 0 Å². The van der Waals surface area contributed by atoms with E-state index in [9.17, 15) is 19.5 Å². The smallest absolute Gasteiger partial charge is 0.319 e. The van der Waals surface area contributed by atoms with Gasteiger partial charge in [-0.1, -0.05) is 6.07 Å². The molecular formula is C17H23N3O4. The van der Waals surface area contributed by atoms with Crippen LogP contribution in [-0.2, 0) is 4.79 Å². The number of carbonyl (C=O) groups excluding carboxylic acids is 2. The van der Waals surface area contributed by atoms with E-state index < -0.39 is 11.4 Å². The topological polar surface area (TPSA) is 98.7 Å². The maximum atomic E-state index is 12.6. The lowest BCUT2D eigenvalue weighted by Crippen LogP contribution is -2.35. The second kappa shape index (κ2) is 6.90. The average molecular weight is 333 g/mol. The number of carboxylic acids is 1. The third kappa shape index (κ3) is 4.04. The zero-order valence-corrected chi connectivity index (χ0v) is 14.1. The van der Waals surface area contributed by atoms with Crippen molar-refractivity contribution in [2.45, 2.75) is 33.2 Å². The molecule has 7 nitrogen and oxygen atoms in total. The molecule has 1 aliphatic rings. The quantitative estimate of drug-likeness (QED) is 0.786. The third-order valence-electron chi connectivity index (χ3n) is 4.06. The van der Waals surface area contributed by atoms with Gasteiger partial charge in [-0.2, -0.15) is 0 Å². The Morgan fingerprint density at radius 1 is 1.29 bits per heavy atom. The molecule has 3 amide bonds. The zero-order valence-electron chi connectivity index (χ0n) is 14.1. The Morgan fingerprint density at radius 2 is 2.00 bits per heavy atom. The Kier molecular flexibility index (Phi) is 5.11. The predicted molar refractivity (Wildman–Crippen MR) is 90.0 cm³/mol. The minimum atomic E-state index is -0.900. The number of aliphatic carboxylic acids is 1. The molecule has 7 heteroatoms. The van der Waals surface area contributed by atoms with Crippen molar-refractivity contribution in [2.24, 2.45) is 5.41 Å². The molecule has 0 aliphatic carbocycles. The van der Waals surface area contributed by atoms with Gasteiger partial charge in [0.05, 0.1) is 5.41 Å². The first kappa shape index (κ1) is 17.8. The van der Waals surface area contributed by atoms with Gasteiger partial charge in [0, 0.05) is 30.4 Å². The van der Waals surface area contributed by atoms with Crippen LogP contribution in [0.2, 0.25) is 0 Å². The minimum Gasteiger partial charge on any atom is -0.481 e. The summed E-state index contributed by atoms with van der Waals surface area (Å²) in [6.07, 6.45) is 0.433. The summed E-state index contributed by atoms with van der Waals surface area (Å²) < 4.78 is 0. The number of carbonyl (C=O) groups is 3. The Morgan fingerprint density at radius 3 is 2.58 bits per heavy atom. The number of carboxylic acid groups (broad SMARTS) is 1. The molecule has 1 fully saturated rings. The summed E-state index contributed by atoms with van der Waals surface area (Å²) in [5.74, 6) is -1.12. The molecule has 0 radical (unpaired) electrons. The molecule has 2 rings (SSSR count). The van der Waals surface area contributed by atoms with E-state index in [0.717, 1.165) is 0 Å². The first-order valence-electron chi connectivity index (χ1n) is 7.91. The van der Waals surface area contributed by atoms with Gasteiger partial charge in [-0.3, -0.25) is 9.59 Å². The molecule has 1 heterocycles. The van der Waals surface area contributed by atoms with Crippen molar-refractivity contribution in [3.05, 3.63) is 29.8 Å². The number of nitrogens with one attached hydrogen (secondary N) is 2. The fourth-order valence-electron chi connectivity index (χ4n) is 2.65. The van der Waals surface area contributed by atoms with Gasteiger partial charge >= 0.3 is 12.0 Å². The lowest BCUT2D eigenvalue weighted by molar-refractivity contribution is -0.147. The van der Waals surface area contributed by atoms with Crippen molar-refractivity contribution >= 4 is 23.6 Å². The Balaban J connectivity index is 2.07. The number of hydrogen-bond donors (Lipinski definition) is 3. The number of benzene rings is 1. The van der Waals surface area contributed by atoms with Crippen LogP contribution in [0.4, 0.5) is 10.5 Å². The largest absolute Gasteiger partial charge is 0.481 e. The standard InChI is InChI=1S/C17H23N3O4/c1-11(2)18-16(24)19-13-6-4-5-12(9-13)14(21)20-8-7-17(3,10-20)15(22)23/h4-6,9,11H,7-8,10H2,1-3H3,(H,22,23)(H2,18,19,24). The van der Waals surface area contributed by atoms with Crippen LogP contribution in [0.5, 0.6) is 0 Å². The van der Waals surface area contributed by atoms with Gasteiger partial charge in [0.25, 0.3) is 5.91 Å². The van der Waals surface area contributed by atoms with Crippen LogP contribution < -0.4 is 10.6 Å². The molecule has 0 bridgehead atoms. The highest BCUT2D eigenvalue weighted by Gasteiger charge is 2.42. The maximum absolute atomic E-state index is 12.6. The summed E-state index contributed by atoms with van der Waals surface area (Å²) in [7, 11) is 0. The fourth-order valence-corrected chi connectivity index (χ4v) is 2.65. The van der Waals surface area contributed by atoms with E-state index in [1.54, 1.807) is 36.1 Å². The second-order valence-corrected chi connectivity index (χ2v) is 6.68. The van der Waals surface area contributed by atoms with Crippen LogP contribution in [-0.4, -0.2) is 47.0 Å². The number of likely N-dealkylation sites (tertiary alicyclic amines) is 1. The summed E-state index contributed by atoms with van der Waals surface area (Å²) in [4.78, 5) is 37.2. The zero-order chi connectivity index (χ0) is 17.9. The van der Waals surface area contributed by atoms with Gasteiger partial charge in [0.15, 0.2) is 0 Å². The Bertz CT molecular complexity index is 659. The minimum absolute atomic E-state index is 0.00751. The van der Waals surface area contributed by atoms with Crippen molar-refractivity contribution in [3.8, 4) is 0 Å². The molecule has 0 spiro atoms. The van der Waals surface area contributed by atoms with Gasteiger partial charge in [-0.15, -0.1) is 0 Å². The summed E-state index contributed by atoms with van der Waals surface area (Å²) in [6, 6.07) is 6.30. The Labute approximate surface area is 141 Å². The molecule has 1 saturated heterocycles. The van der Waals surface area contributed by atoms with E-state index in [0.29, 0.717) is 24.2 Å². The van der Waals surface area contributed by atoms with Gasteiger partial charge in [-0.05, 0) is 45.4 Å². The molecule has 24 heavy (non-hydrogen) atoms. The van der Waals surface area contributed by atoms with E-state index in [1.165, 1.54) is 0 Å². The highest BCUT2D eigenvalue weighted by atomic mass is 16.4. The highest BCUT2D eigenvalue weighted by molar-refractivity contribution is 5.97. The lowest BCUT2D eigenvalue weighted by atomic mass is 9.90. The van der Waals surface area contributed by atoms with E-state index in [1.807, 2.05) is 13.8 Å². The number of nitrogens with zero attached hydrogens (tertiary/aromatic N) is 1. The van der Waals surface area contributed by atoms with Crippen molar-refractivity contribution in [2.75, 3.05) is 18.4 Å². The predicted octanol–water partition coefficient (Wildman–Crippen LogP) is 2.15. The average Bonchev–Trinajstić information content (AvgIpc) is 2.90. The summed E-state index contributed by atoms with van der Waals surface area (Å²) >= 11 is 0. The summed E-state index contributed by atoms with van der Waals surface area (Å²) in [5.41, 5.74) is 0.0361. The number of rotatable bonds is 4. The molecule has 3 N–H and O–H groups in total. The molecule has 130 valence electrons. The van der Waals surface area contributed by atoms with Crippen LogP contribution in [0.15, 0.2) is 24.3 Å². The van der Waals surface area contributed by atoms with Gasteiger partial charge in [-0.25, -0.2) is 4.79 Å². The lowest BCUT2D eigenvalue weighted by Gasteiger charge is -2.20. The molecule has 1 unspecified atom stereocenters. The van der Waals surface area contributed by atoms with Gasteiger partial charge < -0.3 is 20.6 Å². The van der Waals surface area contributed by atoms with E-state index in [4.69, 9.17) is 0 Å². The monoisotopic (exact) mass is 333 g/mol. The summed E-state index contributed by atoms with van der Waals surface area (Å²) in [5, 5.41) is 14.7. The van der Waals surface area contributed by atoms with Gasteiger partial charge in [0.2, 0.25) is 0 Å². The van der Waals surface area contributed by atoms with Gasteiger partial charge in [0.1, 0.15) is 0 Å². The number of hydrogen-bond acceptors (Lipinski definition) is 3. The fraction of sp³-hybridized carbons (Fsp3) is 0.471.